The Kier molecular flexibility index (Phi) is 4.13. The number of furan rings is 1. The third kappa shape index (κ3) is 3.01. The van der Waals surface area contributed by atoms with Crippen LogP contribution >= 0.6 is 11.8 Å². The third-order valence-electron chi connectivity index (χ3n) is 3.13. The molecule has 6 heteroatoms. The molecule has 20 heavy (non-hydrogen) atoms. The van der Waals surface area contributed by atoms with Crippen molar-refractivity contribution >= 4 is 17.7 Å². The summed E-state index contributed by atoms with van der Waals surface area (Å²) >= 11 is 1.45. The zero-order chi connectivity index (χ0) is 14.9. The van der Waals surface area contributed by atoms with Gasteiger partial charge in [-0.3, -0.25) is 0 Å². The Hall–Kier alpha value is -1.82. The van der Waals surface area contributed by atoms with Gasteiger partial charge in [-0.05, 0) is 45.4 Å². The first-order valence-electron chi connectivity index (χ1n) is 6.20. The van der Waals surface area contributed by atoms with E-state index < -0.39 is 5.97 Å². The quantitative estimate of drug-likeness (QED) is 0.686. The molecule has 0 fully saturated rings. The van der Waals surface area contributed by atoms with Crippen LogP contribution in [0.4, 0.5) is 0 Å². The zero-order valence-electron chi connectivity index (χ0n) is 11.8. The van der Waals surface area contributed by atoms with Gasteiger partial charge < -0.3 is 9.52 Å². The van der Waals surface area contributed by atoms with E-state index in [2.05, 4.69) is 9.97 Å². The highest BCUT2D eigenvalue weighted by Crippen LogP contribution is 2.34. The van der Waals surface area contributed by atoms with E-state index >= 15 is 0 Å². The smallest absolute Gasteiger partial charge is 0.371 e. The third-order valence-corrected chi connectivity index (χ3v) is 4.11. The Morgan fingerprint density at radius 3 is 2.35 bits per heavy atom. The van der Waals surface area contributed by atoms with E-state index in [4.69, 9.17) is 9.52 Å². The highest BCUT2D eigenvalue weighted by atomic mass is 32.2. The topological polar surface area (TPSA) is 76.2 Å². The molecular formula is C14H16N2O3S. The lowest BCUT2D eigenvalue weighted by Gasteiger charge is -2.10. The van der Waals surface area contributed by atoms with Crippen molar-refractivity contribution in [2.45, 2.75) is 38.1 Å². The van der Waals surface area contributed by atoms with Gasteiger partial charge >= 0.3 is 5.97 Å². The first kappa shape index (κ1) is 14.6. The van der Waals surface area contributed by atoms with Crippen LogP contribution in [0, 0.1) is 20.8 Å². The summed E-state index contributed by atoms with van der Waals surface area (Å²) in [4.78, 5) is 19.7. The van der Waals surface area contributed by atoms with Crippen molar-refractivity contribution in [3.8, 4) is 0 Å². The van der Waals surface area contributed by atoms with Crippen LogP contribution in [0.3, 0.4) is 0 Å². The number of nitrogens with zero attached hydrogens (tertiary/aromatic N) is 2. The fraction of sp³-hybridized carbons (Fsp3) is 0.357. The lowest BCUT2D eigenvalue weighted by atomic mass is 10.2. The van der Waals surface area contributed by atoms with Gasteiger partial charge in [0.2, 0.25) is 5.76 Å². The molecule has 2 aromatic heterocycles. The van der Waals surface area contributed by atoms with Crippen molar-refractivity contribution in [3.63, 3.8) is 0 Å². The van der Waals surface area contributed by atoms with Crippen molar-refractivity contribution in [1.82, 2.24) is 9.97 Å². The van der Waals surface area contributed by atoms with Crippen molar-refractivity contribution in [1.29, 1.82) is 0 Å². The van der Waals surface area contributed by atoms with Gasteiger partial charge in [-0.2, -0.15) is 0 Å². The largest absolute Gasteiger partial charge is 0.475 e. The molecule has 2 aromatic rings. The Morgan fingerprint density at radius 1 is 1.25 bits per heavy atom. The van der Waals surface area contributed by atoms with Gasteiger partial charge in [0.05, 0.1) is 5.25 Å². The monoisotopic (exact) mass is 292 g/mol. The van der Waals surface area contributed by atoms with Crippen LogP contribution in [0.2, 0.25) is 0 Å². The maximum absolute atomic E-state index is 10.8. The van der Waals surface area contributed by atoms with Crippen LogP contribution in [0.15, 0.2) is 21.7 Å². The molecular weight excluding hydrogens is 276 g/mol. The van der Waals surface area contributed by atoms with Crippen LogP contribution in [-0.2, 0) is 0 Å². The first-order chi connectivity index (χ1) is 9.38. The number of rotatable bonds is 4. The molecule has 1 N–H and O–H groups in total. The van der Waals surface area contributed by atoms with Gasteiger partial charge in [0.25, 0.3) is 0 Å². The first-order valence-corrected chi connectivity index (χ1v) is 7.08. The summed E-state index contributed by atoms with van der Waals surface area (Å²) in [6.45, 7) is 7.83. The molecule has 1 unspecified atom stereocenters. The summed E-state index contributed by atoms with van der Waals surface area (Å²) in [5, 5.41) is 9.47. The molecule has 5 nitrogen and oxygen atoms in total. The van der Waals surface area contributed by atoms with E-state index in [9.17, 15) is 4.79 Å². The average Bonchev–Trinajstić information content (AvgIpc) is 2.85. The van der Waals surface area contributed by atoms with Gasteiger partial charge in [-0.25, -0.2) is 14.8 Å². The highest BCUT2D eigenvalue weighted by molar-refractivity contribution is 7.99. The van der Waals surface area contributed by atoms with Crippen LogP contribution in [0.1, 0.15) is 45.4 Å². The lowest BCUT2D eigenvalue weighted by Crippen LogP contribution is -1.99. The molecule has 0 saturated carbocycles. The maximum Gasteiger partial charge on any atom is 0.371 e. The number of carboxylic acids is 1. The maximum atomic E-state index is 10.8. The molecule has 0 radical (unpaired) electrons. The summed E-state index contributed by atoms with van der Waals surface area (Å²) in [5.74, 6) is -0.511. The molecule has 0 bridgehead atoms. The summed E-state index contributed by atoms with van der Waals surface area (Å²) in [5.41, 5.74) is 3.00. The second-order valence-corrected chi connectivity index (χ2v) is 5.88. The molecule has 2 rings (SSSR count). The highest BCUT2D eigenvalue weighted by Gasteiger charge is 2.17. The summed E-state index contributed by atoms with van der Waals surface area (Å²) in [7, 11) is 0. The van der Waals surface area contributed by atoms with E-state index in [1.165, 1.54) is 17.8 Å². The number of carboxylic acid groups (broad SMARTS) is 1. The lowest BCUT2D eigenvalue weighted by molar-refractivity contribution is 0.0660. The predicted octanol–water partition coefficient (Wildman–Crippen LogP) is 3.55. The number of aromatic nitrogens is 2. The van der Waals surface area contributed by atoms with Crippen LogP contribution in [0.5, 0.6) is 0 Å². The van der Waals surface area contributed by atoms with Gasteiger partial charge in [-0.15, -0.1) is 0 Å². The van der Waals surface area contributed by atoms with Gasteiger partial charge in [-0.1, -0.05) is 11.8 Å². The molecule has 0 amide bonds. The fourth-order valence-electron chi connectivity index (χ4n) is 1.70. The van der Waals surface area contributed by atoms with Crippen molar-refractivity contribution in [2.24, 2.45) is 0 Å². The van der Waals surface area contributed by atoms with Crippen LogP contribution < -0.4 is 0 Å². The van der Waals surface area contributed by atoms with Crippen LogP contribution in [-0.4, -0.2) is 21.0 Å². The molecule has 0 saturated heterocycles. The second-order valence-electron chi connectivity index (χ2n) is 4.57. The molecule has 0 spiro atoms. The average molecular weight is 292 g/mol. The summed E-state index contributed by atoms with van der Waals surface area (Å²) in [6, 6.07) is 3.14. The number of carbonyl (C=O) groups is 1. The Balaban J connectivity index is 2.18. The molecule has 2 heterocycles. The van der Waals surface area contributed by atoms with Crippen LogP contribution in [0.25, 0.3) is 0 Å². The second kappa shape index (κ2) is 5.66. The molecule has 0 aliphatic carbocycles. The Labute approximate surface area is 121 Å². The molecule has 0 aliphatic heterocycles. The minimum absolute atomic E-state index is 0.0513. The van der Waals surface area contributed by atoms with E-state index in [1.807, 2.05) is 27.7 Å². The van der Waals surface area contributed by atoms with E-state index in [1.54, 1.807) is 6.07 Å². The molecule has 106 valence electrons. The number of hydrogen-bond donors (Lipinski definition) is 1. The molecule has 0 aliphatic rings. The minimum Gasteiger partial charge on any atom is -0.475 e. The van der Waals surface area contributed by atoms with E-state index in [0.717, 1.165) is 17.0 Å². The Morgan fingerprint density at radius 2 is 1.85 bits per heavy atom. The number of thioether (sulfide) groups is 1. The molecule has 1 atom stereocenters. The van der Waals surface area contributed by atoms with Gasteiger partial charge in [0.1, 0.15) is 5.76 Å². The van der Waals surface area contributed by atoms with Gasteiger partial charge in [0.15, 0.2) is 5.16 Å². The number of hydrogen-bond acceptors (Lipinski definition) is 5. The molecule has 0 aromatic carbocycles. The predicted molar refractivity (Wildman–Crippen MR) is 76.2 cm³/mol. The van der Waals surface area contributed by atoms with Crippen molar-refractivity contribution < 1.29 is 14.3 Å². The van der Waals surface area contributed by atoms with Crippen molar-refractivity contribution in [3.05, 3.63) is 40.6 Å². The zero-order valence-corrected chi connectivity index (χ0v) is 12.6. The standard InChI is InChI=1S/C14H16N2O3S/c1-7-8(2)15-14(16-9(7)3)20-10(4)11-5-6-12(19-11)13(17)18/h5-6,10H,1-4H3,(H,17,18). The summed E-state index contributed by atoms with van der Waals surface area (Å²) in [6.07, 6.45) is 0. The fourth-order valence-corrected chi connectivity index (χ4v) is 2.63. The normalized spacial score (nSPS) is 12.4. The Bertz CT molecular complexity index is 629. The number of aryl methyl sites for hydroxylation is 2. The summed E-state index contributed by atoms with van der Waals surface area (Å²) < 4.78 is 5.29. The number of aromatic carboxylic acids is 1. The van der Waals surface area contributed by atoms with E-state index in [-0.39, 0.29) is 11.0 Å². The SMILES string of the molecule is Cc1nc(SC(C)c2ccc(C(=O)O)o2)nc(C)c1C. The van der Waals surface area contributed by atoms with Crippen molar-refractivity contribution in [2.75, 3.05) is 0 Å². The minimum atomic E-state index is -1.06. The van der Waals surface area contributed by atoms with Gasteiger partial charge in [0, 0.05) is 11.4 Å². The van der Waals surface area contributed by atoms with E-state index in [0.29, 0.717) is 10.9 Å².